The number of sulfonamides is 1. The molecule has 35 heavy (non-hydrogen) atoms. The maximum absolute atomic E-state index is 13.1. The number of H-pyrrole nitrogens is 1. The van der Waals surface area contributed by atoms with E-state index in [0.717, 1.165) is 0 Å². The van der Waals surface area contributed by atoms with Crippen LogP contribution in [0, 0.1) is 5.21 Å². The number of carbonyl (C=O) groups excluding carboxylic acids is 1. The molecule has 0 bridgehead atoms. The molecular formula is C23H19ClN5O5S-. The van der Waals surface area contributed by atoms with Crippen LogP contribution in [0.5, 0.6) is 0 Å². The molecule has 1 aromatic carbocycles. The van der Waals surface area contributed by atoms with Crippen molar-refractivity contribution in [1.29, 1.82) is 0 Å². The molecule has 0 atom stereocenters. The van der Waals surface area contributed by atoms with E-state index in [2.05, 4.69) is 9.97 Å². The average molecular weight is 513 g/mol. The first-order valence-corrected chi connectivity index (χ1v) is 12.5. The Hall–Kier alpha value is -3.67. The lowest BCUT2D eigenvalue weighted by Gasteiger charge is -2.33. The predicted octanol–water partition coefficient (Wildman–Crippen LogP) is 2.54. The van der Waals surface area contributed by atoms with Crippen molar-refractivity contribution in [2.24, 2.45) is 0 Å². The number of nitrogens with one attached hydrogen (secondary N) is 1. The standard InChI is InChI=1S/C23H19ClN5O5S/c24-17-1-3-19-16(13-17)14-21(26-19)35(33,34)28-11-9-27(10-12-28)22(30)18-2-4-20(29(32)23(18)31)15-5-7-25-8-6-15/h1-8,13-14,26H,9-12H2/q-1. The van der Waals surface area contributed by atoms with Crippen LogP contribution in [0.3, 0.4) is 0 Å². The van der Waals surface area contributed by atoms with E-state index in [9.17, 15) is 23.2 Å². The quantitative estimate of drug-likeness (QED) is 0.447. The number of aromatic amines is 1. The minimum Gasteiger partial charge on any atom is -0.803 e. The van der Waals surface area contributed by atoms with Crippen molar-refractivity contribution in [3.05, 3.63) is 87.1 Å². The fourth-order valence-electron chi connectivity index (χ4n) is 4.08. The third-order valence-corrected chi connectivity index (χ3v) is 8.01. The summed E-state index contributed by atoms with van der Waals surface area (Å²) >= 11 is 5.99. The number of carbonyl (C=O) groups is 1. The van der Waals surface area contributed by atoms with Gasteiger partial charge in [0.05, 0.1) is 0 Å². The van der Waals surface area contributed by atoms with Crippen LogP contribution in [0.4, 0.5) is 0 Å². The summed E-state index contributed by atoms with van der Waals surface area (Å²) in [4.78, 5) is 33.8. The lowest BCUT2D eigenvalue weighted by atomic mass is 10.1. The fraction of sp³-hybridized carbons (Fsp3) is 0.174. The highest BCUT2D eigenvalue weighted by Gasteiger charge is 2.32. The summed E-state index contributed by atoms with van der Waals surface area (Å²) in [5, 5.41) is 13.7. The van der Waals surface area contributed by atoms with Crippen molar-refractivity contribution in [3.8, 4) is 11.3 Å². The number of fused-ring (bicyclic) bond motifs is 1. The second kappa shape index (κ2) is 8.84. The molecule has 1 aliphatic heterocycles. The van der Waals surface area contributed by atoms with Gasteiger partial charge in [-0.3, -0.25) is 14.6 Å². The number of benzene rings is 1. The number of hydrogen-bond acceptors (Lipinski definition) is 6. The van der Waals surface area contributed by atoms with Crippen LogP contribution >= 0.6 is 11.6 Å². The molecule has 5 rings (SSSR count). The van der Waals surface area contributed by atoms with Gasteiger partial charge in [0.15, 0.2) is 0 Å². The van der Waals surface area contributed by atoms with E-state index in [1.54, 1.807) is 30.3 Å². The molecule has 1 N–H and O–H groups in total. The van der Waals surface area contributed by atoms with Gasteiger partial charge in [0.1, 0.15) is 10.6 Å². The lowest BCUT2D eigenvalue weighted by molar-refractivity contribution is 0.0695. The van der Waals surface area contributed by atoms with Crippen LogP contribution in [0.2, 0.25) is 5.02 Å². The highest BCUT2D eigenvalue weighted by Crippen LogP contribution is 2.25. The summed E-state index contributed by atoms with van der Waals surface area (Å²) in [6, 6.07) is 12.5. The van der Waals surface area contributed by atoms with E-state index < -0.39 is 21.5 Å². The molecule has 180 valence electrons. The summed E-state index contributed by atoms with van der Waals surface area (Å²) < 4.78 is 27.7. The van der Waals surface area contributed by atoms with E-state index in [1.165, 1.54) is 39.8 Å². The molecule has 1 saturated heterocycles. The molecule has 10 nitrogen and oxygen atoms in total. The zero-order valence-electron chi connectivity index (χ0n) is 18.2. The number of pyridine rings is 2. The molecule has 1 fully saturated rings. The first-order chi connectivity index (χ1) is 16.8. The third-order valence-electron chi connectivity index (χ3n) is 5.95. The van der Waals surface area contributed by atoms with Gasteiger partial charge < -0.3 is 19.8 Å². The second-order valence-corrected chi connectivity index (χ2v) is 10.4. The van der Waals surface area contributed by atoms with Gasteiger partial charge >= 0.3 is 0 Å². The molecule has 1 aliphatic rings. The number of piperazine rings is 1. The highest BCUT2D eigenvalue weighted by atomic mass is 35.5. The monoisotopic (exact) mass is 512 g/mol. The first-order valence-electron chi connectivity index (χ1n) is 10.7. The zero-order chi connectivity index (χ0) is 24.7. The normalized spacial score (nSPS) is 14.9. The summed E-state index contributed by atoms with van der Waals surface area (Å²) in [6.45, 7) is 0.249. The molecule has 3 aromatic heterocycles. The van der Waals surface area contributed by atoms with Crippen LogP contribution in [0.25, 0.3) is 22.2 Å². The maximum Gasteiger partial charge on any atom is 0.259 e. The second-order valence-electron chi connectivity index (χ2n) is 8.03. The number of halogens is 1. The first kappa shape index (κ1) is 23.1. The Labute approximate surface area is 205 Å². The van der Waals surface area contributed by atoms with Gasteiger partial charge in [-0.1, -0.05) is 11.6 Å². The van der Waals surface area contributed by atoms with Crippen LogP contribution in [-0.4, -0.2) is 64.4 Å². The van der Waals surface area contributed by atoms with E-state index in [4.69, 9.17) is 11.6 Å². The molecule has 1 amide bonds. The van der Waals surface area contributed by atoms with Crippen molar-refractivity contribution in [2.45, 2.75) is 5.03 Å². The van der Waals surface area contributed by atoms with Gasteiger partial charge in [-0.05, 0) is 48.5 Å². The minimum absolute atomic E-state index is 0.0375. The SMILES string of the molecule is O=C(c1ccc(-c2ccncc2)n([O-])c1=O)N1CCN(S(=O)(=O)c2cc3cc(Cl)ccc3[nH]2)CC1. The summed E-state index contributed by atoms with van der Waals surface area (Å²) in [5.41, 5.74) is 0.0391. The van der Waals surface area contributed by atoms with Crippen molar-refractivity contribution in [2.75, 3.05) is 26.2 Å². The van der Waals surface area contributed by atoms with Crippen molar-refractivity contribution >= 4 is 38.4 Å². The summed E-state index contributed by atoms with van der Waals surface area (Å²) in [6.07, 6.45) is 2.99. The topological polar surface area (TPSA) is 131 Å². The Morgan fingerprint density at radius 1 is 1.00 bits per heavy atom. The Bertz CT molecular complexity index is 1590. The van der Waals surface area contributed by atoms with E-state index in [0.29, 0.717) is 21.5 Å². The van der Waals surface area contributed by atoms with Crippen LogP contribution in [-0.2, 0) is 10.0 Å². The molecule has 0 spiro atoms. The minimum atomic E-state index is -3.83. The molecule has 4 heterocycles. The van der Waals surface area contributed by atoms with Crippen molar-refractivity contribution in [3.63, 3.8) is 0 Å². The third kappa shape index (κ3) is 4.18. The summed E-state index contributed by atoms with van der Waals surface area (Å²) in [7, 11) is -3.83. The molecule has 0 unspecified atom stereocenters. The highest BCUT2D eigenvalue weighted by molar-refractivity contribution is 7.89. The van der Waals surface area contributed by atoms with Crippen molar-refractivity contribution < 1.29 is 13.2 Å². The van der Waals surface area contributed by atoms with Gasteiger partial charge in [-0.25, -0.2) is 8.42 Å². The summed E-state index contributed by atoms with van der Waals surface area (Å²) in [5.74, 6) is -0.613. The molecule has 4 aromatic rings. The molecule has 0 saturated carbocycles. The van der Waals surface area contributed by atoms with Gasteiger partial charge in [0.2, 0.25) is 0 Å². The van der Waals surface area contributed by atoms with Gasteiger partial charge in [0.25, 0.3) is 21.5 Å². The Balaban J connectivity index is 1.32. The lowest BCUT2D eigenvalue weighted by Crippen LogP contribution is -2.51. The van der Waals surface area contributed by atoms with Crippen LogP contribution in [0.1, 0.15) is 10.4 Å². The maximum atomic E-state index is 13.1. The van der Waals surface area contributed by atoms with Gasteiger partial charge in [-0.2, -0.15) is 4.31 Å². The molecule has 12 heteroatoms. The predicted molar refractivity (Wildman–Crippen MR) is 131 cm³/mol. The number of nitrogens with zero attached hydrogens (tertiary/aromatic N) is 4. The molecular weight excluding hydrogens is 494 g/mol. The van der Waals surface area contributed by atoms with Crippen LogP contribution in [0.15, 0.2) is 70.7 Å². The van der Waals surface area contributed by atoms with Crippen LogP contribution < -0.4 is 5.56 Å². The smallest absolute Gasteiger partial charge is 0.259 e. The Morgan fingerprint density at radius 3 is 2.43 bits per heavy atom. The number of hydrogen-bond donors (Lipinski definition) is 1. The van der Waals surface area contributed by atoms with Gasteiger partial charge in [0, 0.05) is 65.8 Å². The van der Waals surface area contributed by atoms with E-state index in [-0.39, 0.29) is 47.2 Å². The number of rotatable bonds is 4. The molecule has 0 aliphatic carbocycles. The molecule has 0 radical (unpaired) electrons. The zero-order valence-corrected chi connectivity index (χ0v) is 19.8. The fourth-order valence-corrected chi connectivity index (χ4v) is 5.69. The number of amides is 1. The average Bonchev–Trinajstić information content (AvgIpc) is 3.30. The Kier molecular flexibility index (Phi) is 5.83. The van der Waals surface area contributed by atoms with E-state index in [1.807, 2.05) is 0 Å². The Morgan fingerprint density at radius 2 is 1.71 bits per heavy atom. The number of aromatic nitrogens is 3. The van der Waals surface area contributed by atoms with Gasteiger partial charge in [-0.15, -0.1) is 0 Å². The van der Waals surface area contributed by atoms with E-state index >= 15 is 0 Å². The largest absolute Gasteiger partial charge is 0.803 e. The van der Waals surface area contributed by atoms with Crippen molar-refractivity contribution in [1.82, 2.24) is 23.9 Å².